The van der Waals surface area contributed by atoms with Gasteiger partial charge in [0.15, 0.2) is 0 Å². The minimum absolute atomic E-state index is 0.137. The molecule has 2 aliphatic heterocycles. The topological polar surface area (TPSA) is 264 Å². The number of pyridine rings is 2. The van der Waals surface area contributed by atoms with Crippen molar-refractivity contribution >= 4 is 101 Å². The summed E-state index contributed by atoms with van der Waals surface area (Å²) < 4.78 is 58.0. The number of carbonyl (C=O) groups is 4. The fourth-order valence-electron chi connectivity index (χ4n) is 8.56. The summed E-state index contributed by atoms with van der Waals surface area (Å²) in [5.41, 5.74) is 6.50. The maximum Gasteiger partial charge on any atom is 0.476 e. The number of phosphoric ester groups is 2. The van der Waals surface area contributed by atoms with Crippen molar-refractivity contribution in [3.8, 4) is 0 Å². The van der Waals surface area contributed by atoms with Gasteiger partial charge >= 0.3 is 7.82 Å². The van der Waals surface area contributed by atoms with E-state index in [1.165, 1.54) is 23.2 Å². The molecule has 2 aromatic carbocycles. The SMILES string of the molecule is C[NH2+]C.Cc1c(CN(C)C(=O)/C=C/c2cnc3c(c2)CCC(=O)N3COP(=O)(OCC[Si](C)(C)C)OCC[Si](C)(C)C)oc2ccccc12.Cc1c(CN(C)C(=O)/C=C/c2cnc3c(c2)CCC(=O)N3COP(=O)([O-])O)oc2ccccc12. The van der Waals surface area contributed by atoms with Crippen LogP contribution in [-0.2, 0) is 72.3 Å². The summed E-state index contributed by atoms with van der Waals surface area (Å²) in [6, 6.07) is 20.8. The van der Waals surface area contributed by atoms with Crippen molar-refractivity contribution in [3.63, 3.8) is 0 Å². The molecule has 21 nitrogen and oxygen atoms in total. The van der Waals surface area contributed by atoms with Crippen LogP contribution in [0.25, 0.3) is 34.1 Å². The van der Waals surface area contributed by atoms with Crippen LogP contribution in [-0.4, -0.2) is 119 Å². The summed E-state index contributed by atoms with van der Waals surface area (Å²) >= 11 is 0. The summed E-state index contributed by atoms with van der Waals surface area (Å²) in [5.74, 6) is 1.21. The van der Waals surface area contributed by atoms with Gasteiger partial charge in [-0.3, -0.25) is 51.6 Å². The Morgan fingerprint density at radius 3 is 1.43 bits per heavy atom. The number of aryl methyl sites for hydroxylation is 4. The smallest absolute Gasteiger partial charge is 0.476 e. The quantitative estimate of drug-likeness (QED) is 0.0364. The summed E-state index contributed by atoms with van der Waals surface area (Å²) in [6.07, 6.45) is 10.6. The number of para-hydroxylation sites is 2. The van der Waals surface area contributed by atoms with Crippen LogP contribution in [0.5, 0.6) is 0 Å². The molecule has 0 spiro atoms. The van der Waals surface area contributed by atoms with Gasteiger partial charge in [0.05, 0.1) is 40.4 Å². The molecule has 0 radical (unpaired) electrons. The predicted octanol–water partition coefficient (Wildman–Crippen LogP) is 9.21. The molecule has 0 fully saturated rings. The van der Waals surface area contributed by atoms with Gasteiger partial charge in [-0.15, -0.1) is 0 Å². The number of carbonyl (C=O) groups excluding carboxylic acids is 4. The molecule has 0 saturated heterocycles. The first kappa shape index (κ1) is 65.9. The van der Waals surface area contributed by atoms with E-state index < -0.39 is 38.5 Å². The van der Waals surface area contributed by atoms with E-state index in [4.69, 9.17) is 27.3 Å². The second-order valence-corrected chi connectivity index (χ2v) is 36.9. The van der Waals surface area contributed by atoms with E-state index >= 15 is 0 Å². The van der Waals surface area contributed by atoms with Crippen molar-refractivity contribution in [2.75, 3.05) is 64.7 Å². The summed E-state index contributed by atoms with van der Waals surface area (Å²) in [6.45, 7) is 17.5. The lowest BCUT2D eigenvalue weighted by atomic mass is 10.0. The van der Waals surface area contributed by atoms with Crippen molar-refractivity contribution in [1.29, 1.82) is 0 Å². The summed E-state index contributed by atoms with van der Waals surface area (Å²) in [5, 5.41) is 4.06. The molecular formula is C58H79N7O14P2Si2. The lowest BCUT2D eigenvalue weighted by Crippen LogP contribution is -2.74. The van der Waals surface area contributed by atoms with Crippen molar-refractivity contribution in [1.82, 2.24) is 19.8 Å². The van der Waals surface area contributed by atoms with Crippen molar-refractivity contribution in [2.24, 2.45) is 0 Å². The molecule has 83 heavy (non-hydrogen) atoms. The fraction of sp³-hybridized carbons (Fsp3) is 0.414. The van der Waals surface area contributed by atoms with Gasteiger partial charge in [-0.25, -0.2) is 14.5 Å². The van der Waals surface area contributed by atoms with E-state index in [2.05, 4.69) is 53.8 Å². The molecule has 2 aliphatic rings. The molecule has 0 aliphatic carbocycles. The third-order valence-corrected chi connectivity index (χ3v) is 18.7. The fourth-order valence-corrected chi connectivity index (χ4v) is 11.7. The first-order chi connectivity index (χ1) is 39.1. The van der Waals surface area contributed by atoms with Gasteiger partial charge in [-0.2, -0.15) is 0 Å². The molecule has 1 unspecified atom stereocenters. The summed E-state index contributed by atoms with van der Waals surface area (Å²) in [7, 11) is -4.36. The Labute approximate surface area is 487 Å². The molecule has 6 heterocycles. The van der Waals surface area contributed by atoms with Crippen LogP contribution in [0.4, 0.5) is 11.6 Å². The number of rotatable bonds is 22. The largest absolute Gasteiger partial charge is 0.756 e. The van der Waals surface area contributed by atoms with Crippen LogP contribution in [0.15, 0.2) is 94.0 Å². The highest BCUT2D eigenvalue weighted by Gasteiger charge is 2.34. The van der Waals surface area contributed by atoms with Gasteiger partial charge in [0.2, 0.25) is 23.6 Å². The predicted molar refractivity (Wildman–Crippen MR) is 324 cm³/mol. The number of phosphoric acid groups is 2. The van der Waals surface area contributed by atoms with E-state index in [0.29, 0.717) is 42.9 Å². The van der Waals surface area contributed by atoms with Crippen LogP contribution in [0.3, 0.4) is 0 Å². The molecule has 0 saturated carbocycles. The Morgan fingerprint density at radius 1 is 0.675 bits per heavy atom. The highest BCUT2D eigenvalue weighted by Crippen LogP contribution is 2.51. The molecule has 6 aromatic rings. The number of fused-ring (bicyclic) bond motifs is 4. The molecule has 0 bridgehead atoms. The van der Waals surface area contributed by atoms with E-state index in [0.717, 1.165) is 72.7 Å². The minimum Gasteiger partial charge on any atom is -0.756 e. The van der Waals surface area contributed by atoms with Crippen LogP contribution in [0.1, 0.15) is 57.7 Å². The average Bonchev–Trinajstić information content (AvgIpc) is 3.98. The summed E-state index contributed by atoms with van der Waals surface area (Å²) in [4.78, 5) is 84.7. The Balaban J connectivity index is 0.000000265. The van der Waals surface area contributed by atoms with Crippen molar-refractivity contribution in [2.45, 2.75) is 104 Å². The molecule has 8 rings (SSSR count). The number of aromatic nitrogens is 2. The molecule has 4 aromatic heterocycles. The number of benzene rings is 2. The molecule has 25 heteroatoms. The first-order valence-corrected chi connectivity index (χ1v) is 37.8. The number of amides is 4. The van der Waals surface area contributed by atoms with Gasteiger partial charge in [0, 0.05) is 89.5 Å². The average molecular weight is 1220 g/mol. The maximum atomic E-state index is 13.6. The van der Waals surface area contributed by atoms with Crippen LogP contribution >= 0.6 is 15.6 Å². The highest BCUT2D eigenvalue weighted by molar-refractivity contribution is 7.48. The zero-order valence-corrected chi connectivity index (χ0v) is 53.4. The van der Waals surface area contributed by atoms with Crippen LogP contribution < -0.4 is 20.0 Å². The van der Waals surface area contributed by atoms with Gasteiger partial charge < -0.3 is 33.7 Å². The molecule has 1 atom stereocenters. The van der Waals surface area contributed by atoms with Gasteiger partial charge in [-0.1, -0.05) is 75.7 Å². The molecule has 4 amide bonds. The van der Waals surface area contributed by atoms with Crippen LogP contribution in [0, 0.1) is 13.8 Å². The zero-order valence-electron chi connectivity index (χ0n) is 49.6. The van der Waals surface area contributed by atoms with E-state index in [-0.39, 0.29) is 62.2 Å². The first-order valence-electron chi connectivity index (χ1n) is 27.4. The maximum absolute atomic E-state index is 13.6. The Bertz CT molecular complexity index is 3400. The highest BCUT2D eigenvalue weighted by atomic mass is 31.2. The Kier molecular flexibility index (Phi) is 23.1. The Morgan fingerprint density at radius 2 is 1.06 bits per heavy atom. The van der Waals surface area contributed by atoms with Crippen LogP contribution in [0.2, 0.25) is 51.4 Å². The third kappa shape index (κ3) is 19.4. The van der Waals surface area contributed by atoms with Gasteiger partial charge in [0.1, 0.15) is 47.8 Å². The second-order valence-electron chi connectivity index (χ2n) is 22.8. The van der Waals surface area contributed by atoms with Crippen molar-refractivity contribution in [3.05, 3.63) is 130 Å². The normalized spacial score (nSPS) is 14.5. The van der Waals surface area contributed by atoms with E-state index in [1.807, 2.05) is 87.9 Å². The van der Waals surface area contributed by atoms with E-state index in [1.54, 1.807) is 48.3 Å². The number of likely N-dealkylation sites (N-methyl/N-ethyl adjacent to an activating group) is 2. The number of anilines is 2. The molecule has 448 valence electrons. The molecule has 3 N–H and O–H groups in total. The molecular weight excluding hydrogens is 1140 g/mol. The van der Waals surface area contributed by atoms with Gasteiger partial charge in [-0.05, 0) is 97.4 Å². The number of hydrogen-bond donors (Lipinski definition) is 2. The number of quaternary nitrogens is 1. The lowest BCUT2D eigenvalue weighted by Gasteiger charge is -2.29. The number of nitrogens with two attached hydrogens (primary N) is 1. The lowest BCUT2D eigenvalue weighted by molar-refractivity contribution is -0.597. The second kappa shape index (κ2) is 29.1. The number of hydrogen-bond acceptors (Lipinski definition) is 15. The van der Waals surface area contributed by atoms with E-state index in [9.17, 15) is 33.2 Å². The van der Waals surface area contributed by atoms with Crippen molar-refractivity contribution < 1.29 is 70.3 Å². The number of nitrogens with zero attached hydrogens (tertiary/aromatic N) is 6. The number of furan rings is 2. The standard InChI is InChI=1S/C33H48N3O7PSi2.C23H24N3O7P.C2H7N/c1-25-28-11-9-10-12-29(28)43-30(25)23-35(2)31(37)15-13-26-21-27-14-16-32(38)36(33(27)34-22-26)24-42-44(39,40-17-19-45(3,4)5)41-18-20-46(6,7)8;1-15-18-5-3-4-6-19(18)33-20(15)13-25(2)21(27)9-7-16-11-17-8-10-22(28)26(23(17)24-12-16)14-32-34(29,30)31;1-3-2/h9-13,15,21-22H,14,16-20,23-24H2,1-8H3;3-7,9,11-12H,8,10,13-14H2,1-2H3,(H2,29,30,31);3H,1-2H3/b15-13+;9-7+;. The van der Waals surface area contributed by atoms with Gasteiger partial charge in [0.25, 0.3) is 7.82 Å². The Hall–Kier alpha value is -6.21. The monoisotopic (exact) mass is 1220 g/mol. The minimum atomic E-state index is -4.98. The third-order valence-electron chi connectivity index (χ3n) is 13.4. The zero-order chi connectivity index (χ0) is 60.9.